The number of Topliss-reactive ketones (excluding diaryl/α,β-unsaturated/α-hetero) is 1. The van der Waals surface area contributed by atoms with Gasteiger partial charge in [0.25, 0.3) is 0 Å². The molecule has 1 aliphatic carbocycles. The minimum atomic E-state index is -0.138. The summed E-state index contributed by atoms with van der Waals surface area (Å²) in [4.78, 5) is 11.7. The summed E-state index contributed by atoms with van der Waals surface area (Å²) in [5, 5.41) is 0. The Balaban J connectivity index is 1.65. The number of aryl methyl sites for hydroxylation is 2. The van der Waals surface area contributed by atoms with Gasteiger partial charge in [0.15, 0.2) is 12.4 Å². The van der Waals surface area contributed by atoms with Crippen LogP contribution < -0.4 is 4.74 Å². The van der Waals surface area contributed by atoms with Crippen molar-refractivity contribution in [2.75, 3.05) is 6.61 Å². The molecule has 0 aliphatic heterocycles. The van der Waals surface area contributed by atoms with Gasteiger partial charge in [-0.25, -0.2) is 0 Å². The first-order valence-corrected chi connectivity index (χ1v) is 6.14. The van der Waals surface area contributed by atoms with Gasteiger partial charge in [-0.2, -0.15) is 0 Å². The van der Waals surface area contributed by atoms with Gasteiger partial charge in [0.2, 0.25) is 5.78 Å². The molecule has 0 atom stereocenters. The molecule has 1 heterocycles. The molecule has 3 rings (SSSR count). The van der Waals surface area contributed by atoms with E-state index < -0.39 is 0 Å². The number of hydrogen-bond acceptors (Lipinski definition) is 3. The van der Waals surface area contributed by atoms with Gasteiger partial charge in [0.1, 0.15) is 5.75 Å². The van der Waals surface area contributed by atoms with Gasteiger partial charge in [-0.15, -0.1) is 0 Å². The van der Waals surface area contributed by atoms with Crippen LogP contribution in [-0.4, -0.2) is 12.4 Å². The van der Waals surface area contributed by atoms with Crippen LogP contribution in [0, 0.1) is 0 Å². The fraction of sp³-hybridized carbons (Fsp3) is 0.267. The van der Waals surface area contributed by atoms with Crippen LogP contribution in [0.5, 0.6) is 5.75 Å². The van der Waals surface area contributed by atoms with E-state index in [0.717, 1.165) is 18.6 Å². The third-order valence-electron chi connectivity index (χ3n) is 3.24. The average Bonchev–Trinajstić information content (AvgIpc) is 3.05. The minimum absolute atomic E-state index is 0.0201. The molecule has 0 amide bonds. The lowest BCUT2D eigenvalue weighted by Gasteiger charge is -2.06. The van der Waals surface area contributed by atoms with Crippen molar-refractivity contribution in [2.45, 2.75) is 19.3 Å². The predicted octanol–water partition coefficient (Wildman–Crippen LogP) is 3.03. The minimum Gasteiger partial charge on any atom is -0.485 e. The predicted molar refractivity (Wildman–Crippen MR) is 67.0 cm³/mol. The van der Waals surface area contributed by atoms with Crippen molar-refractivity contribution in [3.63, 3.8) is 0 Å². The van der Waals surface area contributed by atoms with Gasteiger partial charge in [0.05, 0.1) is 6.26 Å². The second kappa shape index (κ2) is 4.69. The van der Waals surface area contributed by atoms with E-state index in [2.05, 4.69) is 6.07 Å². The van der Waals surface area contributed by atoms with Gasteiger partial charge in [-0.05, 0) is 54.7 Å². The molecule has 92 valence electrons. The molecule has 1 aromatic carbocycles. The zero-order chi connectivity index (χ0) is 12.4. The van der Waals surface area contributed by atoms with Crippen molar-refractivity contribution in [3.8, 4) is 5.75 Å². The van der Waals surface area contributed by atoms with Crippen LogP contribution in [0.3, 0.4) is 0 Å². The first kappa shape index (κ1) is 11.1. The molecule has 3 nitrogen and oxygen atoms in total. The zero-order valence-corrected chi connectivity index (χ0v) is 10.0. The summed E-state index contributed by atoms with van der Waals surface area (Å²) in [5.41, 5.74) is 2.75. The molecule has 0 saturated carbocycles. The van der Waals surface area contributed by atoms with E-state index in [9.17, 15) is 4.79 Å². The van der Waals surface area contributed by atoms with Gasteiger partial charge >= 0.3 is 0 Å². The van der Waals surface area contributed by atoms with Crippen LogP contribution in [0.2, 0.25) is 0 Å². The van der Waals surface area contributed by atoms with Gasteiger partial charge < -0.3 is 9.15 Å². The first-order valence-electron chi connectivity index (χ1n) is 6.14. The second-order valence-electron chi connectivity index (χ2n) is 4.47. The number of rotatable bonds is 4. The van der Waals surface area contributed by atoms with Crippen LogP contribution in [0.1, 0.15) is 28.1 Å². The molecule has 0 unspecified atom stereocenters. The third kappa shape index (κ3) is 2.16. The summed E-state index contributed by atoms with van der Waals surface area (Å²) in [5.74, 6) is 0.965. The van der Waals surface area contributed by atoms with Crippen molar-refractivity contribution in [2.24, 2.45) is 0 Å². The lowest BCUT2D eigenvalue weighted by molar-refractivity contribution is 0.0893. The molecule has 1 aliphatic rings. The molecule has 0 spiro atoms. The van der Waals surface area contributed by atoms with Gasteiger partial charge in [-0.3, -0.25) is 4.79 Å². The summed E-state index contributed by atoms with van der Waals surface area (Å²) >= 11 is 0. The highest BCUT2D eigenvalue weighted by atomic mass is 16.5. The number of furan rings is 1. The van der Waals surface area contributed by atoms with Crippen LogP contribution >= 0.6 is 0 Å². The molecule has 0 N–H and O–H groups in total. The standard InChI is InChI=1S/C15H14O3/c16-14(15-5-2-8-17-15)10-18-13-7-6-11-3-1-4-12(11)9-13/h2,5-9H,1,3-4,10H2. The summed E-state index contributed by atoms with van der Waals surface area (Å²) in [7, 11) is 0. The molecule has 1 aromatic heterocycles. The molecule has 0 saturated heterocycles. The fourth-order valence-electron chi connectivity index (χ4n) is 2.30. The highest BCUT2D eigenvalue weighted by Gasteiger charge is 2.13. The van der Waals surface area contributed by atoms with Crippen LogP contribution in [0.15, 0.2) is 41.0 Å². The first-order chi connectivity index (χ1) is 8.83. The SMILES string of the molecule is O=C(COc1ccc2c(c1)CCC2)c1ccco1. The zero-order valence-electron chi connectivity index (χ0n) is 10.0. The number of ketones is 1. The topological polar surface area (TPSA) is 39.4 Å². The van der Waals surface area contributed by atoms with E-state index in [4.69, 9.17) is 9.15 Å². The molecule has 0 radical (unpaired) electrons. The Morgan fingerprint density at radius 1 is 1.22 bits per heavy atom. The largest absolute Gasteiger partial charge is 0.485 e. The number of benzene rings is 1. The molecule has 0 fully saturated rings. The average molecular weight is 242 g/mol. The Bertz CT molecular complexity index is 555. The lowest BCUT2D eigenvalue weighted by Crippen LogP contribution is -2.10. The van der Waals surface area contributed by atoms with E-state index in [0.29, 0.717) is 5.76 Å². The van der Waals surface area contributed by atoms with Crippen molar-refractivity contribution < 1.29 is 13.9 Å². The monoisotopic (exact) mass is 242 g/mol. The van der Waals surface area contributed by atoms with Gasteiger partial charge in [0, 0.05) is 0 Å². The molecular weight excluding hydrogens is 228 g/mol. The van der Waals surface area contributed by atoms with E-state index in [1.54, 1.807) is 12.1 Å². The lowest BCUT2D eigenvalue weighted by atomic mass is 10.1. The Morgan fingerprint density at radius 2 is 2.11 bits per heavy atom. The van der Waals surface area contributed by atoms with Gasteiger partial charge in [-0.1, -0.05) is 6.07 Å². The van der Waals surface area contributed by atoms with Crippen LogP contribution in [-0.2, 0) is 12.8 Å². The van der Waals surface area contributed by atoms with Crippen molar-refractivity contribution in [3.05, 3.63) is 53.5 Å². The molecule has 2 aromatic rings. The van der Waals surface area contributed by atoms with Crippen LogP contribution in [0.25, 0.3) is 0 Å². The normalized spacial score (nSPS) is 13.3. The molecule has 18 heavy (non-hydrogen) atoms. The van der Waals surface area contributed by atoms with Crippen molar-refractivity contribution in [1.82, 2.24) is 0 Å². The number of carbonyl (C=O) groups is 1. The third-order valence-corrected chi connectivity index (χ3v) is 3.24. The fourth-order valence-corrected chi connectivity index (χ4v) is 2.30. The maximum Gasteiger partial charge on any atom is 0.235 e. The summed E-state index contributed by atoms with van der Waals surface area (Å²) in [6.07, 6.45) is 4.96. The van der Waals surface area contributed by atoms with Crippen molar-refractivity contribution in [1.29, 1.82) is 0 Å². The molecular formula is C15H14O3. The number of ether oxygens (including phenoxy) is 1. The Hall–Kier alpha value is -2.03. The highest BCUT2D eigenvalue weighted by molar-refractivity contribution is 5.94. The molecule has 3 heteroatoms. The summed E-state index contributed by atoms with van der Waals surface area (Å²) in [6, 6.07) is 9.41. The van der Waals surface area contributed by atoms with E-state index >= 15 is 0 Å². The smallest absolute Gasteiger partial charge is 0.235 e. The van der Waals surface area contributed by atoms with E-state index in [1.165, 1.54) is 23.8 Å². The van der Waals surface area contributed by atoms with Crippen molar-refractivity contribution >= 4 is 5.78 Å². The molecule has 0 bridgehead atoms. The van der Waals surface area contributed by atoms with E-state index in [-0.39, 0.29) is 12.4 Å². The maximum atomic E-state index is 11.7. The maximum absolute atomic E-state index is 11.7. The second-order valence-corrected chi connectivity index (χ2v) is 4.47. The highest BCUT2D eigenvalue weighted by Crippen LogP contribution is 2.26. The summed E-state index contributed by atoms with van der Waals surface area (Å²) in [6.45, 7) is 0.0201. The Labute approximate surface area is 105 Å². The number of carbonyl (C=O) groups excluding carboxylic acids is 1. The van der Waals surface area contributed by atoms with Crippen LogP contribution in [0.4, 0.5) is 0 Å². The quantitative estimate of drug-likeness (QED) is 0.773. The Morgan fingerprint density at radius 3 is 2.94 bits per heavy atom. The van der Waals surface area contributed by atoms with E-state index in [1.807, 2.05) is 12.1 Å². The number of fused-ring (bicyclic) bond motifs is 1. The number of hydrogen-bond donors (Lipinski definition) is 0. The Kier molecular flexibility index (Phi) is 2.89. The summed E-state index contributed by atoms with van der Waals surface area (Å²) < 4.78 is 10.5.